The highest BCUT2D eigenvalue weighted by molar-refractivity contribution is 5.98. The summed E-state index contributed by atoms with van der Waals surface area (Å²) in [5.74, 6) is 1.06. The van der Waals surface area contributed by atoms with Gasteiger partial charge in [0.1, 0.15) is 11.4 Å². The quantitative estimate of drug-likeness (QED) is 0.609. The molecule has 4 rings (SSSR count). The van der Waals surface area contributed by atoms with Crippen molar-refractivity contribution in [2.75, 3.05) is 20.2 Å². The Hall–Kier alpha value is -3.28. The number of aromatic amines is 1. The van der Waals surface area contributed by atoms with Crippen LogP contribution in [0.3, 0.4) is 0 Å². The van der Waals surface area contributed by atoms with Crippen LogP contribution in [-0.4, -0.2) is 41.9 Å². The van der Waals surface area contributed by atoms with E-state index in [2.05, 4.69) is 29.4 Å². The minimum atomic E-state index is -0.0711. The van der Waals surface area contributed by atoms with Crippen LogP contribution in [0.5, 0.6) is 5.75 Å². The van der Waals surface area contributed by atoms with Gasteiger partial charge >= 0.3 is 0 Å². The number of hydrogen-bond acceptors (Lipinski definition) is 3. The molecule has 3 aromatic rings. The van der Waals surface area contributed by atoms with E-state index in [9.17, 15) is 9.59 Å². The molecule has 0 aliphatic carbocycles. The molecule has 1 atom stereocenters. The van der Waals surface area contributed by atoms with Crippen LogP contribution in [0, 0.1) is 18.8 Å². The maximum Gasteiger partial charge on any atom is 0.270 e. The Bertz CT molecular complexity index is 1100. The minimum absolute atomic E-state index is 0.00934. The molecule has 2 N–H and O–H groups in total. The molecule has 6 heteroatoms. The molecule has 1 aromatic heterocycles. The number of piperidine rings is 1. The Labute approximate surface area is 188 Å². The number of ether oxygens (including phenoxy) is 1. The Balaban J connectivity index is 1.30. The predicted octanol–water partition coefficient (Wildman–Crippen LogP) is 4.29. The first-order valence-electron chi connectivity index (χ1n) is 11.2. The van der Waals surface area contributed by atoms with Gasteiger partial charge in [0.15, 0.2) is 0 Å². The molecule has 0 radical (unpaired) electrons. The fourth-order valence-corrected chi connectivity index (χ4v) is 4.39. The van der Waals surface area contributed by atoms with Crippen molar-refractivity contribution in [3.05, 3.63) is 65.4 Å². The third-order valence-electron chi connectivity index (χ3n) is 6.59. The second-order valence-electron chi connectivity index (χ2n) is 8.76. The monoisotopic (exact) mass is 433 g/mol. The molecule has 168 valence electrons. The smallest absolute Gasteiger partial charge is 0.270 e. The van der Waals surface area contributed by atoms with Crippen LogP contribution in [0.15, 0.2) is 48.5 Å². The lowest BCUT2D eigenvalue weighted by atomic mass is 9.84. The van der Waals surface area contributed by atoms with Gasteiger partial charge in [-0.25, -0.2) is 0 Å². The molecule has 1 aliphatic rings. The average Bonchev–Trinajstić information content (AvgIpc) is 3.26. The van der Waals surface area contributed by atoms with Crippen LogP contribution in [0.25, 0.3) is 10.9 Å². The number of aromatic nitrogens is 1. The number of rotatable bonds is 6. The Kier molecular flexibility index (Phi) is 6.49. The number of aryl methyl sites for hydroxylation is 1. The second kappa shape index (κ2) is 9.47. The first-order chi connectivity index (χ1) is 15.4. The van der Waals surface area contributed by atoms with Gasteiger partial charge in [0.25, 0.3) is 5.91 Å². The van der Waals surface area contributed by atoms with Crippen molar-refractivity contribution in [3.63, 3.8) is 0 Å². The number of methoxy groups -OCH3 is 1. The van der Waals surface area contributed by atoms with Crippen molar-refractivity contribution in [2.45, 2.75) is 33.2 Å². The molecule has 2 amide bonds. The Morgan fingerprint density at radius 3 is 2.53 bits per heavy atom. The van der Waals surface area contributed by atoms with E-state index in [1.165, 1.54) is 5.56 Å². The van der Waals surface area contributed by atoms with Crippen LogP contribution in [0.4, 0.5) is 0 Å². The van der Waals surface area contributed by atoms with E-state index in [0.29, 0.717) is 25.3 Å². The fourth-order valence-electron chi connectivity index (χ4n) is 4.39. The molecule has 6 nitrogen and oxygen atoms in total. The Morgan fingerprint density at radius 1 is 1.12 bits per heavy atom. The van der Waals surface area contributed by atoms with Crippen molar-refractivity contribution in [1.29, 1.82) is 0 Å². The van der Waals surface area contributed by atoms with Gasteiger partial charge in [-0.3, -0.25) is 9.59 Å². The number of H-pyrrole nitrogens is 1. The number of benzene rings is 2. The summed E-state index contributed by atoms with van der Waals surface area (Å²) >= 11 is 0. The summed E-state index contributed by atoms with van der Waals surface area (Å²) in [5.41, 5.74) is 3.80. The molecule has 0 spiro atoms. The molecule has 32 heavy (non-hydrogen) atoms. The van der Waals surface area contributed by atoms with Crippen molar-refractivity contribution in [2.24, 2.45) is 11.8 Å². The third kappa shape index (κ3) is 4.79. The van der Waals surface area contributed by atoms with Gasteiger partial charge in [-0.2, -0.15) is 0 Å². The molecular weight excluding hydrogens is 402 g/mol. The largest absolute Gasteiger partial charge is 0.497 e. The summed E-state index contributed by atoms with van der Waals surface area (Å²) in [6.45, 7) is 5.93. The van der Waals surface area contributed by atoms with Gasteiger partial charge in [0, 0.05) is 42.5 Å². The lowest BCUT2D eigenvalue weighted by Gasteiger charge is -2.34. The minimum Gasteiger partial charge on any atom is -0.497 e. The highest BCUT2D eigenvalue weighted by Gasteiger charge is 2.30. The Morgan fingerprint density at radius 2 is 1.84 bits per heavy atom. The van der Waals surface area contributed by atoms with Crippen LogP contribution in [0.2, 0.25) is 0 Å². The van der Waals surface area contributed by atoms with E-state index >= 15 is 0 Å². The first-order valence-corrected chi connectivity index (χ1v) is 11.2. The summed E-state index contributed by atoms with van der Waals surface area (Å²) in [4.78, 5) is 30.8. The highest BCUT2D eigenvalue weighted by atomic mass is 16.5. The first kappa shape index (κ1) is 21.9. The number of fused-ring (bicyclic) bond motifs is 1. The number of amides is 2. The molecule has 1 fully saturated rings. The summed E-state index contributed by atoms with van der Waals surface area (Å²) in [7, 11) is 1.63. The molecule has 0 bridgehead atoms. The van der Waals surface area contributed by atoms with Crippen LogP contribution < -0.4 is 10.1 Å². The summed E-state index contributed by atoms with van der Waals surface area (Å²) in [5, 5.41) is 4.05. The normalized spacial score (nSPS) is 15.5. The molecular formula is C26H31N3O3. The molecule has 0 unspecified atom stereocenters. The third-order valence-corrected chi connectivity index (χ3v) is 6.59. The van der Waals surface area contributed by atoms with Gasteiger partial charge < -0.3 is 19.9 Å². The van der Waals surface area contributed by atoms with E-state index in [0.717, 1.165) is 35.1 Å². The highest BCUT2D eigenvalue weighted by Crippen LogP contribution is 2.27. The maximum absolute atomic E-state index is 13.0. The molecule has 2 heterocycles. The maximum atomic E-state index is 13.0. The fraction of sp³-hybridized carbons (Fsp3) is 0.385. The van der Waals surface area contributed by atoms with Crippen molar-refractivity contribution in [3.8, 4) is 5.75 Å². The zero-order valence-corrected chi connectivity index (χ0v) is 19.0. The zero-order valence-electron chi connectivity index (χ0n) is 19.0. The SMILES string of the molecule is COc1ccc2cc(C(=O)N3CCC([C@H](C)C(=O)NCc4ccc(C)cc4)CC3)[nH]c2c1. The standard InChI is InChI=1S/C26H31N3O3/c1-17-4-6-19(7-5-17)16-27-25(30)18(2)20-10-12-29(13-11-20)26(31)24-14-21-8-9-22(32-3)15-23(21)28-24/h4-9,14-15,18,20,28H,10-13,16H2,1-3H3,(H,27,30)/t18-/m0/s1. The number of likely N-dealkylation sites (tertiary alicyclic amines) is 1. The van der Waals surface area contributed by atoms with Gasteiger partial charge in [-0.05, 0) is 49.4 Å². The molecule has 1 saturated heterocycles. The number of hydrogen-bond donors (Lipinski definition) is 2. The van der Waals surface area contributed by atoms with Gasteiger partial charge in [0.05, 0.1) is 7.11 Å². The van der Waals surface area contributed by atoms with Crippen molar-refractivity contribution >= 4 is 22.7 Å². The lowest BCUT2D eigenvalue weighted by Crippen LogP contribution is -2.42. The molecule has 2 aromatic carbocycles. The number of nitrogens with zero attached hydrogens (tertiary/aromatic N) is 1. The predicted molar refractivity (Wildman–Crippen MR) is 126 cm³/mol. The van der Waals surface area contributed by atoms with E-state index in [4.69, 9.17) is 4.74 Å². The summed E-state index contributed by atoms with van der Waals surface area (Å²) in [6, 6.07) is 15.8. The van der Waals surface area contributed by atoms with Gasteiger partial charge in [0.2, 0.25) is 5.91 Å². The van der Waals surface area contributed by atoms with Crippen LogP contribution in [-0.2, 0) is 11.3 Å². The molecule has 0 saturated carbocycles. The van der Waals surface area contributed by atoms with E-state index < -0.39 is 0 Å². The van der Waals surface area contributed by atoms with Crippen molar-refractivity contribution < 1.29 is 14.3 Å². The van der Waals surface area contributed by atoms with Gasteiger partial charge in [-0.1, -0.05) is 36.8 Å². The number of carbonyl (C=O) groups is 2. The number of carbonyl (C=O) groups excluding carboxylic acids is 2. The van der Waals surface area contributed by atoms with Crippen LogP contribution >= 0.6 is 0 Å². The van der Waals surface area contributed by atoms with Crippen LogP contribution in [0.1, 0.15) is 41.4 Å². The average molecular weight is 434 g/mol. The van der Waals surface area contributed by atoms with Crippen molar-refractivity contribution in [1.82, 2.24) is 15.2 Å². The van der Waals surface area contributed by atoms with E-state index in [1.54, 1.807) is 7.11 Å². The number of nitrogens with one attached hydrogen (secondary N) is 2. The van der Waals surface area contributed by atoms with E-state index in [1.807, 2.05) is 48.2 Å². The molecule has 1 aliphatic heterocycles. The summed E-state index contributed by atoms with van der Waals surface area (Å²) in [6.07, 6.45) is 1.66. The second-order valence-corrected chi connectivity index (χ2v) is 8.76. The van der Waals surface area contributed by atoms with E-state index in [-0.39, 0.29) is 23.7 Å². The zero-order chi connectivity index (χ0) is 22.7. The lowest BCUT2D eigenvalue weighted by molar-refractivity contribution is -0.126. The van der Waals surface area contributed by atoms with Gasteiger partial charge in [-0.15, -0.1) is 0 Å². The summed E-state index contributed by atoms with van der Waals surface area (Å²) < 4.78 is 5.26. The topological polar surface area (TPSA) is 74.4 Å².